The van der Waals surface area contributed by atoms with Gasteiger partial charge in [0, 0.05) is 23.6 Å². The van der Waals surface area contributed by atoms with Crippen LogP contribution in [0.25, 0.3) is 0 Å². The van der Waals surface area contributed by atoms with Gasteiger partial charge in [0.05, 0.1) is 7.11 Å². The Kier molecular flexibility index (Phi) is 4.14. The summed E-state index contributed by atoms with van der Waals surface area (Å²) in [5.74, 6) is 1.48. The molecule has 2 unspecified atom stereocenters. The van der Waals surface area contributed by atoms with Gasteiger partial charge in [-0.2, -0.15) is 4.98 Å². The summed E-state index contributed by atoms with van der Waals surface area (Å²) in [5, 5.41) is 0.0714. The highest BCUT2D eigenvalue weighted by molar-refractivity contribution is 6.21. The predicted molar refractivity (Wildman–Crippen MR) is 56.9 cm³/mol. The number of alkyl halides is 1. The molecule has 1 aromatic rings. The average molecular weight is 215 g/mol. The lowest BCUT2D eigenvalue weighted by molar-refractivity contribution is 0.393. The van der Waals surface area contributed by atoms with Crippen LogP contribution < -0.4 is 4.74 Å². The largest absolute Gasteiger partial charge is 0.481 e. The first-order chi connectivity index (χ1) is 6.69. The molecule has 14 heavy (non-hydrogen) atoms. The summed E-state index contributed by atoms with van der Waals surface area (Å²) in [6.45, 7) is 4.07. The van der Waals surface area contributed by atoms with E-state index in [1.807, 2.05) is 13.8 Å². The second-order valence-electron chi connectivity index (χ2n) is 3.17. The number of hydrogen-bond acceptors (Lipinski definition) is 3. The van der Waals surface area contributed by atoms with E-state index in [1.54, 1.807) is 19.4 Å². The lowest BCUT2D eigenvalue weighted by Crippen LogP contribution is -2.12. The van der Waals surface area contributed by atoms with Crippen LogP contribution in [0.5, 0.6) is 5.88 Å². The van der Waals surface area contributed by atoms with Crippen molar-refractivity contribution in [3.63, 3.8) is 0 Å². The molecule has 0 saturated carbocycles. The average Bonchev–Trinajstić information content (AvgIpc) is 2.27. The number of halogens is 1. The molecule has 0 aliphatic heterocycles. The van der Waals surface area contributed by atoms with Crippen LogP contribution in [-0.4, -0.2) is 22.5 Å². The summed E-state index contributed by atoms with van der Waals surface area (Å²) < 4.78 is 5.02. The molecule has 4 heteroatoms. The van der Waals surface area contributed by atoms with Crippen molar-refractivity contribution in [1.82, 2.24) is 9.97 Å². The van der Waals surface area contributed by atoms with Gasteiger partial charge < -0.3 is 4.74 Å². The van der Waals surface area contributed by atoms with Crippen LogP contribution in [0.2, 0.25) is 0 Å². The van der Waals surface area contributed by atoms with Crippen molar-refractivity contribution in [2.24, 2.45) is 0 Å². The molecule has 1 heterocycles. The fraction of sp³-hybridized carbons (Fsp3) is 0.600. The first-order valence-corrected chi connectivity index (χ1v) is 5.13. The molecule has 78 valence electrons. The Hall–Kier alpha value is -0.830. The highest BCUT2D eigenvalue weighted by Gasteiger charge is 2.17. The number of methoxy groups -OCH3 is 1. The van der Waals surface area contributed by atoms with E-state index in [9.17, 15) is 0 Å². The minimum atomic E-state index is 0.0714. The van der Waals surface area contributed by atoms with E-state index in [1.165, 1.54) is 0 Å². The molecule has 0 amide bonds. The third kappa shape index (κ3) is 2.58. The molecule has 0 bridgehead atoms. The number of aromatic nitrogens is 2. The third-order valence-electron chi connectivity index (χ3n) is 2.20. The van der Waals surface area contributed by atoms with Gasteiger partial charge in [0.15, 0.2) is 0 Å². The van der Waals surface area contributed by atoms with Crippen molar-refractivity contribution in [3.05, 3.63) is 18.1 Å². The van der Waals surface area contributed by atoms with Gasteiger partial charge in [-0.1, -0.05) is 13.8 Å². The second kappa shape index (κ2) is 5.15. The van der Waals surface area contributed by atoms with Crippen molar-refractivity contribution in [1.29, 1.82) is 0 Å². The van der Waals surface area contributed by atoms with Gasteiger partial charge in [-0.25, -0.2) is 4.98 Å². The van der Waals surface area contributed by atoms with Crippen LogP contribution >= 0.6 is 11.6 Å². The Morgan fingerprint density at radius 2 is 2.29 bits per heavy atom. The predicted octanol–water partition coefficient (Wildman–Crippen LogP) is 2.61. The summed E-state index contributed by atoms with van der Waals surface area (Å²) in [6.07, 6.45) is 2.60. The van der Waals surface area contributed by atoms with Crippen molar-refractivity contribution in [2.45, 2.75) is 31.6 Å². The maximum Gasteiger partial charge on any atom is 0.216 e. The van der Waals surface area contributed by atoms with E-state index in [4.69, 9.17) is 16.3 Å². The minimum Gasteiger partial charge on any atom is -0.481 e. The SMILES string of the molecule is CCC(Cl)C(C)c1nccc(OC)n1. The smallest absolute Gasteiger partial charge is 0.216 e. The normalized spacial score (nSPS) is 14.9. The van der Waals surface area contributed by atoms with Gasteiger partial charge >= 0.3 is 0 Å². The molecule has 0 N–H and O–H groups in total. The molecule has 0 fully saturated rings. The highest BCUT2D eigenvalue weighted by atomic mass is 35.5. The Balaban J connectivity index is 2.83. The first kappa shape index (κ1) is 11.2. The summed E-state index contributed by atoms with van der Waals surface area (Å²) in [5.41, 5.74) is 0. The number of hydrogen-bond donors (Lipinski definition) is 0. The van der Waals surface area contributed by atoms with E-state index >= 15 is 0 Å². The first-order valence-electron chi connectivity index (χ1n) is 4.70. The monoisotopic (exact) mass is 214 g/mol. The standard InChI is InChI=1S/C10H15ClN2O/c1-4-8(11)7(2)10-12-6-5-9(13-10)14-3/h5-8H,4H2,1-3H3. The highest BCUT2D eigenvalue weighted by Crippen LogP contribution is 2.23. The zero-order valence-corrected chi connectivity index (χ0v) is 9.45. The molecule has 1 rings (SSSR count). The Morgan fingerprint density at radius 1 is 1.57 bits per heavy atom. The molecule has 1 aromatic heterocycles. The maximum atomic E-state index is 6.12. The Bertz CT molecular complexity index is 293. The van der Waals surface area contributed by atoms with Gasteiger partial charge in [-0.15, -0.1) is 11.6 Å². The molecule has 0 saturated heterocycles. The summed E-state index contributed by atoms with van der Waals surface area (Å²) in [4.78, 5) is 8.42. The van der Waals surface area contributed by atoms with Gasteiger partial charge in [0.1, 0.15) is 5.82 Å². The quantitative estimate of drug-likeness (QED) is 0.723. The second-order valence-corrected chi connectivity index (χ2v) is 3.73. The van der Waals surface area contributed by atoms with E-state index in [0.717, 1.165) is 12.2 Å². The van der Waals surface area contributed by atoms with Crippen LogP contribution in [0.15, 0.2) is 12.3 Å². The van der Waals surface area contributed by atoms with Crippen LogP contribution in [0.1, 0.15) is 32.0 Å². The fourth-order valence-corrected chi connectivity index (χ4v) is 1.32. The molecule has 0 aliphatic rings. The lowest BCUT2D eigenvalue weighted by atomic mass is 10.1. The van der Waals surface area contributed by atoms with Crippen molar-refractivity contribution < 1.29 is 4.74 Å². The van der Waals surface area contributed by atoms with Gasteiger partial charge in [0.25, 0.3) is 0 Å². The van der Waals surface area contributed by atoms with Crippen LogP contribution in [0.4, 0.5) is 0 Å². The summed E-state index contributed by atoms with van der Waals surface area (Å²) in [7, 11) is 1.59. The number of nitrogens with zero attached hydrogens (tertiary/aromatic N) is 2. The number of ether oxygens (including phenoxy) is 1. The zero-order chi connectivity index (χ0) is 10.6. The molecular weight excluding hydrogens is 200 g/mol. The van der Waals surface area contributed by atoms with E-state index < -0.39 is 0 Å². The van der Waals surface area contributed by atoms with E-state index in [0.29, 0.717) is 5.88 Å². The van der Waals surface area contributed by atoms with E-state index in [-0.39, 0.29) is 11.3 Å². The Morgan fingerprint density at radius 3 is 2.86 bits per heavy atom. The Labute approximate surface area is 89.5 Å². The molecule has 0 radical (unpaired) electrons. The van der Waals surface area contributed by atoms with Crippen molar-refractivity contribution in [2.75, 3.05) is 7.11 Å². The fourth-order valence-electron chi connectivity index (χ4n) is 1.20. The lowest BCUT2D eigenvalue weighted by Gasteiger charge is -2.14. The van der Waals surface area contributed by atoms with Crippen LogP contribution in [0, 0.1) is 0 Å². The van der Waals surface area contributed by atoms with Crippen molar-refractivity contribution >= 4 is 11.6 Å². The molecule has 3 nitrogen and oxygen atoms in total. The summed E-state index contributed by atoms with van der Waals surface area (Å²) >= 11 is 6.12. The van der Waals surface area contributed by atoms with Crippen molar-refractivity contribution in [3.8, 4) is 5.88 Å². The van der Waals surface area contributed by atoms with Crippen LogP contribution in [0.3, 0.4) is 0 Å². The molecular formula is C10H15ClN2O. The van der Waals surface area contributed by atoms with Gasteiger partial charge in [0.2, 0.25) is 5.88 Å². The van der Waals surface area contributed by atoms with Gasteiger partial charge in [-0.3, -0.25) is 0 Å². The topological polar surface area (TPSA) is 35.0 Å². The van der Waals surface area contributed by atoms with E-state index in [2.05, 4.69) is 9.97 Å². The molecule has 0 aromatic carbocycles. The van der Waals surface area contributed by atoms with Crippen LogP contribution in [-0.2, 0) is 0 Å². The maximum absolute atomic E-state index is 6.12. The third-order valence-corrected chi connectivity index (χ3v) is 2.88. The number of rotatable bonds is 4. The molecule has 0 aliphatic carbocycles. The summed E-state index contributed by atoms with van der Waals surface area (Å²) in [6, 6.07) is 1.73. The molecule has 0 spiro atoms. The minimum absolute atomic E-state index is 0.0714. The zero-order valence-electron chi connectivity index (χ0n) is 8.70. The molecule has 2 atom stereocenters. The van der Waals surface area contributed by atoms with Gasteiger partial charge in [-0.05, 0) is 6.42 Å².